The number of benzene rings is 1. The molecule has 0 aliphatic rings. The van der Waals surface area contributed by atoms with E-state index in [2.05, 4.69) is 10.3 Å². The summed E-state index contributed by atoms with van der Waals surface area (Å²) in [5.41, 5.74) is 2.42. The normalized spacial score (nSPS) is 10.3. The summed E-state index contributed by atoms with van der Waals surface area (Å²) >= 11 is 1.57. The van der Waals surface area contributed by atoms with Crippen molar-refractivity contribution in [3.63, 3.8) is 0 Å². The lowest BCUT2D eigenvalue weighted by molar-refractivity contribution is -0.384. The molecule has 0 bridgehead atoms. The first-order valence-electron chi connectivity index (χ1n) is 5.47. The van der Waals surface area contributed by atoms with E-state index in [9.17, 15) is 10.1 Å². The summed E-state index contributed by atoms with van der Waals surface area (Å²) in [6.07, 6.45) is 0. The van der Waals surface area contributed by atoms with Crippen molar-refractivity contribution in [3.05, 3.63) is 50.0 Å². The SMILES string of the molecule is Cc1nc(CNc2c(C)cccc2[N+](=O)[O-])cs1. The van der Waals surface area contributed by atoms with Crippen LogP contribution < -0.4 is 5.32 Å². The van der Waals surface area contributed by atoms with Crippen LogP contribution in [0.3, 0.4) is 0 Å². The highest BCUT2D eigenvalue weighted by Gasteiger charge is 2.15. The van der Waals surface area contributed by atoms with Crippen LogP contribution in [-0.4, -0.2) is 9.91 Å². The van der Waals surface area contributed by atoms with E-state index in [0.717, 1.165) is 16.3 Å². The number of hydrogen-bond acceptors (Lipinski definition) is 5. The lowest BCUT2D eigenvalue weighted by atomic mass is 10.1. The third-order valence-corrected chi connectivity index (χ3v) is 3.38. The number of nitro groups is 1. The van der Waals surface area contributed by atoms with Crippen molar-refractivity contribution in [2.75, 3.05) is 5.32 Å². The van der Waals surface area contributed by atoms with Gasteiger partial charge in [-0.15, -0.1) is 11.3 Å². The van der Waals surface area contributed by atoms with E-state index in [1.807, 2.05) is 25.3 Å². The lowest BCUT2D eigenvalue weighted by Crippen LogP contribution is -2.04. The van der Waals surface area contributed by atoms with E-state index in [-0.39, 0.29) is 10.6 Å². The molecule has 0 saturated carbocycles. The predicted octanol–water partition coefficient (Wildman–Crippen LogP) is 3.28. The van der Waals surface area contributed by atoms with Gasteiger partial charge in [-0.3, -0.25) is 10.1 Å². The van der Waals surface area contributed by atoms with Gasteiger partial charge in [0.15, 0.2) is 0 Å². The molecule has 1 aromatic carbocycles. The molecule has 0 aliphatic carbocycles. The molecule has 2 rings (SSSR count). The predicted molar refractivity (Wildman–Crippen MR) is 72.0 cm³/mol. The van der Waals surface area contributed by atoms with Crippen LogP contribution in [0.2, 0.25) is 0 Å². The van der Waals surface area contributed by atoms with Crippen LogP contribution in [0.15, 0.2) is 23.6 Å². The first kappa shape index (κ1) is 12.5. The van der Waals surface area contributed by atoms with Crippen molar-refractivity contribution in [1.29, 1.82) is 0 Å². The second-order valence-corrected chi connectivity index (χ2v) is 5.00. The fourth-order valence-electron chi connectivity index (χ4n) is 1.70. The Labute approximate surface area is 109 Å². The van der Waals surface area contributed by atoms with Crippen LogP contribution in [0.4, 0.5) is 11.4 Å². The third-order valence-electron chi connectivity index (χ3n) is 2.56. The molecule has 5 nitrogen and oxygen atoms in total. The number of hydrogen-bond donors (Lipinski definition) is 1. The van der Waals surface area contributed by atoms with Gasteiger partial charge in [-0.05, 0) is 19.4 Å². The molecule has 0 amide bonds. The van der Waals surface area contributed by atoms with Gasteiger partial charge >= 0.3 is 0 Å². The Morgan fingerprint density at radius 3 is 2.83 bits per heavy atom. The molecule has 0 fully saturated rings. The molecule has 1 N–H and O–H groups in total. The van der Waals surface area contributed by atoms with Crippen LogP contribution in [0, 0.1) is 24.0 Å². The molecule has 94 valence electrons. The molecule has 1 heterocycles. The molecule has 0 atom stereocenters. The van der Waals surface area contributed by atoms with E-state index < -0.39 is 0 Å². The molecule has 6 heteroatoms. The Balaban J connectivity index is 2.20. The van der Waals surface area contributed by atoms with Gasteiger partial charge in [0.2, 0.25) is 0 Å². The average Bonchev–Trinajstić information content (AvgIpc) is 2.73. The maximum Gasteiger partial charge on any atom is 0.292 e. The second-order valence-electron chi connectivity index (χ2n) is 3.94. The van der Waals surface area contributed by atoms with Gasteiger partial charge in [-0.25, -0.2) is 4.98 Å². The molecular formula is C12H13N3O2S. The van der Waals surface area contributed by atoms with Crippen LogP contribution >= 0.6 is 11.3 Å². The van der Waals surface area contributed by atoms with Gasteiger partial charge in [0.1, 0.15) is 5.69 Å². The molecule has 0 aliphatic heterocycles. The minimum atomic E-state index is -0.373. The molecule has 0 unspecified atom stereocenters. The van der Waals surface area contributed by atoms with E-state index in [1.165, 1.54) is 6.07 Å². The fourth-order valence-corrected chi connectivity index (χ4v) is 2.32. The summed E-state index contributed by atoms with van der Waals surface area (Å²) in [6, 6.07) is 5.04. The van der Waals surface area contributed by atoms with E-state index in [4.69, 9.17) is 0 Å². The zero-order valence-corrected chi connectivity index (χ0v) is 11.0. The van der Waals surface area contributed by atoms with Crippen molar-refractivity contribution >= 4 is 22.7 Å². The Morgan fingerprint density at radius 1 is 1.44 bits per heavy atom. The zero-order valence-electron chi connectivity index (χ0n) is 10.1. The minimum Gasteiger partial charge on any atom is -0.374 e. The van der Waals surface area contributed by atoms with Gasteiger partial charge in [0.25, 0.3) is 5.69 Å². The van der Waals surface area contributed by atoms with Crippen molar-refractivity contribution in [2.45, 2.75) is 20.4 Å². The van der Waals surface area contributed by atoms with Crippen molar-refractivity contribution in [2.24, 2.45) is 0 Å². The van der Waals surface area contributed by atoms with Crippen LogP contribution in [0.25, 0.3) is 0 Å². The van der Waals surface area contributed by atoms with Crippen molar-refractivity contribution in [3.8, 4) is 0 Å². The van der Waals surface area contributed by atoms with Gasteiger partial charge in [0, 0.05) is 11.4 Å². The first-order valence-corrected chi connectivity index (χ1v) is 6.35. The number of nitrogens with zero attached hydrogens (tertiary/aromatic N) is 2. The van der Waals surface area contributed by atoms with E-state index >= 15 is 0 Å². The highest BCUT2D eigenvalue weighted by atomic mass is 32.1. The summed E-state index contributed by atoms with van der Waals surface area (Å²) < 4.78 is 0. The van der Waals surface area contributed by atoms with Crippen LogP contribution in [0.5, 0.6) is 0 Å². The summed E-state index contributed by atoms with van der Waals surface area (Å²) in [5.74, 6) is 0. The molecular weight excluding hydrogens is 250 g/mol. The first-order chi connectivity index (χ1) is 8.58. The maximum absolute atomic E-state index is 10.9. The zero-order chi connectivity index (χ0) is 13.1. The highest BCUT2D eigenvalue weighted by molar-refractivity contribution is 7.09. The van der Waals surface area contributed by atoms with Crippen molar-refractivity contribution in [1.82, 2.24) is 4.98 Å². The van der Waals surface area contributed by atoms with Crippen molar-refractivity contribution < 1.29 is 4.92 Å². The smallest absolute Gasteiger partial charge is 0.292 e. The second kappa shape index (κ2) is 5.14. The summed E-state index contributed by atoms with van der Waals surface area (Å²) in [6.45, 7) is 4.28. The number of nitro benzene ring substituents is 1. The molecule has 0 spiro atoms. The lowest BCUT2D eigenvalue weighted by Gasteiger charge is -2.08. The highest BCUT2D eigenvalue weighted by Crippen LogP contribution is 2.28. The fraction of sp³-hybridized carbons (Fsp3) is 0.250. The Bertz CT molecular complexity index is 580. The molecule has 1 aromatic heterocycles. The monoisotopic (exact) mass is 263 g/mol. The Kier molecular flexibility index (Phi) is 3.57. The number of aromatic nitrogens is 1. The van der Waals surface area contributed by atoms with Gasteiger partial charge in [0.05, 0.1) is 22.2 Å². The molecule has 2 aromatic rings. The summed E-state index contributed by atoms with van der Waals surface area (Å²) in [5, 5.41) is 17.0. The largest absolute Gasteiger partial charge is 0.374 e. The number of anilines is 1. The minimum absolute atomic E-state index is 0.0990. The topological polar surface area (TPSA) is 68.1 Å². The Hall–Kier alpha value is -1.95. The molecule has 0 radical (unpaired) electrons. The summed E-state index contributed by atoms with van der Waals surface area (Å²) in [4.78, 5) is 14.9. The number of rotatable bonds is 4. The van der Waals surface area contributed by atoms with Gasteiger partial charge in [-0.2, -0.15) is 0 Å². The van der Waals surface area contributed by atoms with Crippen LogP contribution in [0.1, 0.15) is 16.3 Å². The standard InChI is InChI=1S/C12H13N3O2S/c1-8-4-3-5-11(15(16)17)12(8)13-6-10-7-18-9(2)14-10/h3-5,7,13H,6H2,1-2H3. The maximum atomic E-state index is 10.9. The number of nitrogens with one attached hydrogen (secondary N) is 1. The molecule has 0 saturated heterocycles. The molecule has 18 heavy (non-hydrogen) atoms. The van der Waals surface area contributed by atoms with Crippen LogP contribution in [-0.2, 0) is 6.54 Å². The van der Waals surface area contributed by atoms with E-state index in [1.54, 1.807) is 17.4 Å². The number of aryl methyl sites for hydroxylation is 2. The quantitative estimate of drug-likeness (QED) is 0.679. The van der Waals surface area contributed by atoms with Gasteiger partial charge < -0.3 is 5.32 Å². The van der Waals surface area contributed by atoms with Gasteiger partial charge in [-0.1, -0.05) is 12.1 Å². The number of para-hydroxylation sites is 1. The number of thiazole rings is 1. The summed E-state index contributed by atoms with van der Waals surface area (Å²) in [7, 11) is 0. The average molecular weight is 263 g/mol. The van der Waals surface area contributed by atoms with E-state index in [0.29, 0.717) is 12.2 Å². The third kappa shape index (κ3) is 2.65. The Morgan fingerprint density at radius 2 is 2.22 bits per heavy atom.